The van der Waals surface area contributed by atoms with Gasteiger partial charge in [0.05, 0.1) is 0 Å². The molecule has 10 heteroatoms. The molecule has 32 heavy (non-hydrogen) atoms. The molecule has 0 aliphatic heterocycles. The maximum absolute atomic E-state index is 12.4. The van der Waals surface area contributed by atoms with E-state index in [2.05, 4.69) is 15.7 Å². The highest BCUT2D eigenvalue weighted by molar-refractivity contribution is 5.87. The summed E-state index contributed by atoms with van der Waals surface area (Å²) in [6.07, 6.45) is 0.995. The predicted octanol–water partition coefficient (Wildman–Crippen LogP) is 1.22. The number of ether oxygens (including phenoxy) is 2. The van der Waals surface area contributed by atoms with E-state index in [1.54, 1.807) is 36.4 Å². The molecule has 2 aromatic rings. The topological polar surface area (TPSA) is 152 Å². The van der Waals surface area contributed by atoms with Crippen LogP contribution in [0.4, 0.5) is 4.79 Å². The number of aliphatic hydroxyl groups excluding tert-OH is 1. The summed E-state index contributed by atoms with van der Waals surface area (Å²) >= 11 is 0. The van der Waals surface area contributed by atoms with Gasteiger partial charge in [-0.05, 0) is 29.7 Å². The monoisotopic (exact) mass is 442 g/mol. The molecular formula is C22H26N4O6. The fourth-order valence-corrected chi connectivity index (χ4v) is 2.64. The van der Waals surface area contributed by atoms with Gasteiger partial charge >= 0.3 is 12.1 Å². The van der Waals surface area contributed by atoms with Crippen LogP contribution in [0.25, 0.3) is 0 Å². The lowest BCUT2D eigenvalue weighted by atomic mass is 10.1. The molecule has 0 aliphatic rings. The first-order valence-corrected chi connectivity index (χ1v) is 9.91. The SMILES string of the molecule is NN=CNC(=O)CCc1ccc(OC(=O)[C@H](CCO)NC(=O)OCc2ccccc2)cc1. The quantitative estimate of drug-likeness (QED) is 0.102. The minimum atomic E-state index is -1.07. The first-order valence-electron chi connectivity index (χ1n) is 9.91. The number of nitrogens with two attached hydrogens (primary N) is 1. The van der Waals surface area contributed by atoms with Gasteiger partial charge in [0, 0.05) is 19.4 Å². The molecule has 0 aliphatic carbocycles. The number of carbonyl (C=O) groups excluding carboxylic acids is 3. The van der Waals surface area contributed by atoms with Gasteiger partial charge in [-0.15, -0.1) is 0 Å². The molecule has 0 radical (unpaired) electrons. The molecule has 2 aromatic carbocycles. The Bertz CT molecular complexity index is 902. The molecule has 0 fully saturated rings. The maximum Gasteiger partial charge on any atom is 0.408 e. The van der Waals surface area contributed by atoms with Gasteiger partial charge in [0.1, 0.15) is 24.7 Å². The van der Waals surface area contributed by atoms with Crippen molar-refractivity contribution in [1.29, 1.82) is 0 Å². The summed E-state index contributed by atoms with van der Waals surface area (Å²) in [7, 11) is 0. The molecule has 0 unspecified atom stereocenters. The standard InChI is InChI=1S/C22H26N4O6/c23-25-15-24-20(28)11-8-16-6-9-18(10-7-16)32-21(29)19(12-13-27)26-22(30)31-14-17-4-2-1-3-5-17/h1-7,9-10,15,19,27H,8,11-14,23H2,(H,26,30)(H,24,25,28)/t19-/m0/s1. The third-order valence-electron chi connectivity index (χ3n) is 4.29. The van der Waals surface area contributed by atoms with Crippen molar-refractivity contribution in [2.45, 2.75) is 31.9 Å². The van der Waals surface area contributed by atoms with E-state index in [1.165, 1.54) is 0 Å². The summed E-state index contributed by atoms with van der Waals surface area (Å²) in [5.41, 5.74) is 1.66. The molecule has 10 nitrogen and oxygen atoms in total. The fraction of sp³-hybridized carbons (Fsp3) is 0.273. The van der Waals surface area contributed by atoms with Crippen molar-refractivity contribution in [1.82, 2.24) is 10.6 Å². The smallest absolute Gasteiger partial charge is 0.408 e. The second-order valence-corrected chi connectivity index (χ2v) is 6.68. The van der Waals surface area contributed by atoms with Gasteiger partial charge in [-0.2, -0.15) is 5.10 Å². The number of nitrogens with one attached hydrogen (secondary N) is 2. The number of hydrogen-bond donors (Lipinski definition) is 4. The molecule has 0 aromatic heterocycles. The van der Waals surface area contributed by atoms with Gasteiger partial charge in [0.25, 0.3) is 0 Å². The van der Waals surface area contributed by atoms with E-state index >= 15 is 0 Å². The van der Waals surface area contributed by atoms with E-state index in [0.717, 1.165) is 17.5 Å². The zero-order chi connectivity index (χ0) is 23.2. The Morgan fingerprint density at radius 3 is 2.44 bits per heavy atom. The third kappa shape index (κ3) is 8.84. The van der Waals surface area contributed by atoms with Crippen molar-refractivity contribution in [2.24, 2.45) is 10.9 Å². The average Bonchev–Trinajstić information content (AvgIpc) is 2.81. The Labute approximate surface area is 185 Å². The number of amides is 2. The van der Waals surface area contributed by atoms with Crippen molar-refractivity contribution in [3.05, 3.63) is 65.7 Å². The first-order chi connectivity index (χ1) is 15.5. The van der Waals surface area contributed by atoms with Gasteiger partial charge in [0.15, 0.2) is 0 Å². The summed E-state index contributed by atoms with van der Waals surface area (Å²) in [5, 5.41) is 17.2. The average molecular weight is 442 g/mol. The Balaban J connectivity index is 1.84. The molecule has 0 heterocycles. The molecule has 170 valence electrons. The number of rotatable bonds is 11. The van der Waals surface area contributed by atoms with Crippen LogP contribution in [0.3, 0.4) is 0 Å². The summed E-state index contributed by atoms with van der Waals surface area (Å²) in [5.74, 6) is 4.22. The van der Waals surface area contributed by atoms with Crippen molar-refractivity contribution < 1.29 is 29.0 Å². The number of nitrogens with zero attached hydrogens (tertiary/aromatic N) is 1. The summed E-state index contributed by atoms with van der Waals surface area (Å²) in [6.45, 7) is -0.277. The van der Waals surface area contributed by atoms with E-state index in [-0.39, 0.29) is 37.7 Å². The van der Waals surface area contributed by atoms with Gasteiger partial charge in [-0.25, -0.2) is 9.59 Å². The Hall–Kier alpha value is -3.92. The maximum atomic E-state index is 12.4. The van der Waals surface area contributed by atoms with Gasteiger partial charge in [-0.3, -0.25) is 4.79 Å². The first kappa shape index (κ1) is 24.4. The zero-order valence-electron chi connectivity index (χ0n) is 17.4. The van der Waals surface area contributed by atoms with Crippen LogP contribution in [0.2, 0.25) is 0 Å². The Morgan fingerprint density at radius 1 is 1.06 bits per heavy atom. The molecule has 0 saturated heterocycles. The number of alkyl carbamates (subject to hydrolysis) is 1. The van der Waals surface area contributed by atoms with E-state index < -0.39 is 18.1 Å². The van der Waals surface area contributed by atoms with E-state index in [9.17, 15) is 19.5 Å². The molecule has 0 spiro atoms. The minimum absolute atomic E-state index is 0.0292. The molecule has 0 bridgehead atoms. The number of esters is 1. The van der Waals surface area contributed by atoms with Gasteiger partial charge in [0.2, 0.25) is 5.91 Å². The second kappa shape index (κ2) is 13.4. The van der Waals surface area contributed by atoms with Crippen LogP contribution in [0.15, 0.2) is 59.7 Å². The molecule has 1 atom stereocenters. The molecule has 0 saturated carbocycles. The number of carbonyl (C=O) groups is 3. The van der Waals surface area contributed by atoms with Crippen molar-refractivity contribution >= 4 is 24.3 Å². The van der Waals surface area contributed by atoms with Crippen molar-refractivity contribution in [2.75, 3.05) is 6.61 Å². The van der Waals surface area contributed by atoms with Crippen LogP contribution in [0.1, 0.15) is 24.0 Å². The van der Waals surface area contributed by atoms with E-state index in [1.807, 2.05) is 18.2 Å². The third-order valence-corrected chi connectivity index (χ3v) is 4.29. The van der Waals surface area contributed by atoms with E-state index in [4.69, 9.17) is 15.3 Å². The molecule has 2 amide bonds. The number of hydrogen-bond acceptors (Lipinski definition) is 8. The second-order valence-electron chi connectivity index (χ2n) is 6.68. The highest BCUT2D eigenvalue weighted by Crippen LogP contribution is 2.15. The lowest BCUT2D eigenvalue weighted by Crippen LogP contribution is -2.43. The largest absolute Gasteiger partial charge is 0.445 e. The number of aryl methyl sites for hydroxylation is 1. The van der Waals surface area contributed by atoms with Crippen LogP contribution in [0.5, 0.6) is 5.75 Å². The van der Waals surface area contributed by atoms with Crippen molar-refractivity contribution in [3.8, 4) is 5.75 Å². The normalized spacial score (nSPS) is 11.5. The highest BCUT2D eigenvalue weighted by Gasteiger charge is 2.23. The lowest BCUT2D eigenvalue weighted by Gasteiger charge is -2.16. The predicted molar refractivity (Wildman–Crippen MR) is 116 cm³/mol. The summed E-state index contributed by atoms with van der Waals surface area (Å²) < 4.78 is 10.4. The van der Waals surface area contributed by atoms with Gasteiger partial charge in [-0.1, -0.05) is 42.5 Å². The minimum Gasteiger partial charge on any atom is -0.445 e. The fourth-order valence-electron chi connectivity index (χ4n) is 2.64. The number of aliphatic hydroxyl groups is 1. The Morgan fingerprint density at radius 2 is 1.78 bits per heavy atom. The number of benzene rings is 2. The van der Waals surface area contributed by atoms with Crippen LogP contribution in [-0.4, -0.2) is 42.1 Å². The van der Waals surface area contributed by atoms with Crippen molar-refractivity contribution in [3.63, 3.8) is 0 Å². The Kier molecular flexibility index (Phi) is 10.2. The molecule has 2 rings (SSSR count). The zero-order valence-corrected chi connectivity index (χ0v) is 17.4. The highest BCUT2D eigenvalue weighted by atomic mass is 16.6. The van der Waals surface area contributed by atoms with Gasteiger partial charge < -0.3 is 31.1 Å². The lowest BCUT2D eigenvalue weighted by molar-refractivity contribution is -0.137. The van der Waals surface area contributed by atoms with Crippen LogP contribution < -0.4 is 21.2 Å². The van der Waals surface area contributed by atoms with Crippen LogP contribution in [0, 0.1) is 0 Å². The summed E-state index contributed by atoms with van der Waals surface area (Å²) in [4.78, 5) is 36.0. The number of hydrazone groups is 1. The molecule has 5 N–H and O–H groups in total. The molecular weight excluding hydrogens is 416 g/mol. The van der Waals surface area contributed by atoms with Crippen LogP contribution in [-0.2, 0) is 27.4 Å². The van der Waals surface area contributed by atoms with E-state index in [0.29, 0.717) is 6.42 Å². The van der Waals surface area contributed by atoms with Crippen LogP contribution >= 0.6 is 0 Å². The summed E-state index contributed by atoms with van der Waals surface area (Å²) in [6, 6.07) is 14.6.